The Morgan fingerprint density at radius 3 is 3.06 bits per heavy atom. The molecule has 1 amide bonds. The molecule has 1 aromatic heterocycles. The molecule has 6 nitrogen and oxygen atoms in total. The second-order valence-electron chi connectivity index (χ2n) is 4.76. The van der Waals surface area contributed by atoms with Crippen molar-refractivity contribution in [1.82, 2.24) is 9.97 Å². The molecule has 2 fully saturated rings. The second kappa shape index (κ2) is 4.53. The minimum atomic E-state index is -0.543. The van der Waals surface area contributed by atoms with Gasteiger partial charge < -0.3 is 15.4 Å². The fourth-order valence-corrected chi connectivity index (χ4v) is 2.11. The van der Waals surface area contributed by atoms with Crippen molar-refractivity contribution in [3.8, 4) is 0 Å². The van der Waals surface area contributed by atoms with Crippen molar-refractivity contribution < 1.29 is 9.53 Å². The van der Waals surface area contributed by atoms with Crippen molar-refractivity contribution in [2.24, 2.45) is 5.73 Å². The number of primary amides is 1. The Morgan fingerprint density at radius 1 is 1.50 bits per heavy atom. The van der Waals surface area contributed by atoms with Gasteiger partial charge in [-0.25, -0.2) is 9.97 Å². The molecule has 0 spiro atoms. The summed E-state index contributed by atoms with van der Waals surface area (Å²) in [6, 6.07) is 1.87. The zero-order valence-corrected chi connectivity index (χ0v) is 10.1. The molecule has 0 aromatic carbocycles. The van der Waals surface area contributed by atoms with Crippen LogP contribution in [0.2, 0.25) is 0 Å². The Balaban J connectivity index is 1.76. The van der Waals surface area contributed by atoms with Gasteiger partial charge in [0.25, 0.3) is 0 Å². The van der Waals surface area contributed by atoms with Crippen molar-refractivity contribution in [3.05, 3.63) is 18.1 Å². The number of carbonyl (C=O) groups is 1. The molecule has 96 valence electrons. The molecule has 1 aromatic rings. The van der Waals surface area contributed by atoms with Gasteiger partial charge in [0, 0.05) is 18.7 Å². The fraction of sp³-hybridized carbons (Fsp3) is 0.583. The van der Waals surface area contributed by atoms with Gasteiger partial charge in [-0.05, 0) is 18.9 Å². The van der Waals surface area contributed by atoms with E-state index in [4.69, 9.17) is 10.5 Å². The first-order chi connectivity index (χ1) is 8.74. The summed E-state index contributed by atoms with van der Waals surface area (Å²) in [4.78, 5) is 22.0. The first-order valence-corrected chi connectivity index (χ1v) is 6.23. The van der Waals surface area contributed by atoms with Gasteiger partial charge in [0.2, 0.25) is 5.91 Å². The average Bonchev–Trinajstić information content (AvgIpc) is 3.23. The van der Waals surface area contributed by atoms with Crippen LogP contribution in [0.25, 0.3) is 0 Å². The number of aromatic nitrogens is 2. The van der Waals surface area contributed by atoms with Crippen LogP contribution >= 0.6 is 0 Å². The largest absolute Gasteiger partial charge is 0.367 e. The van der Waals surface area contributed by atoms with Crippen molar-refractivity contribution >= 4 is 11.7 Å². The number of morpholine rings is 1. The Labute approximate surface area is 105 Å². The van der Waals surface area contributed by atoms with E-state index in [0.717, 1.165) is 18.2 Å². The third-order valence-electron chi connectivity index (χ3n) is 3.31. The molecule has 18 heavy (non-hydrogen) atoms. The second-order valence-corrected chi connectivity index (χ2v) is 4.76. The summed E-state index contributed by atoms with van der Waals surface area (Å²) < 4.78 is 5.32. The summed E-state index contributed by atoms with van der Waals surface area (Å²) in [6.45, 7) is 1.69. The minimum absolute atomic E-state index is 0.420. The van der Waals surface area contributed by atoms with Gasteiger partial charge in [0.1, 0.15) is 11.6 Å². The number of hydrogen-bond donors (Lipinski definition) is 1. The van der Waals surface area contributed by atoms with E-state index in [0.29, 0.717) is 19.1 Å². The van der Waals surface area contributed by atoms with Gasteiger partial charge in [0.15, 0.2) is 6.10 Å². The first kappa shape index (κ1) is 11.4. The molecule has 1 atom stereocenters. The normalized spacial score (nSPS) is 24.0. The van der Waals surface area contributed by atoms with Crippen LogP contribution in [0.4, 0.5) is 5.82 Å². The van der Waals surface area contributed by atoms with E-state index in [1.807, 2.05) is 11.0 Å². The maximum atomic E-state index is 11.2. The SMILES string of the molecule is NC(=O)C1CN(c2ccnc(C3CC3)n2)CCO1. The number of ether oxygens (including phenoxy) is 1. The molecule has 0 radical (unpaired) electrons. The predicted octanol–water partition coefficient (Wildman–Crippen LogP) is 0.0445. The van der Waals surface area contributed by atoms with Crippen LogP contribution in [0.15, 0.2) is 12.3 Å². The van der Waals surface area contributed by atoms with E-state index >= 15 is 0 Å². The van der Waals surface area contributed by atoms with Gasteiger partial charge in [0.05, 0.1) is 13.2 Å². The van der Waals surface area contributed by atoms with E-state index < -0.39 is 12.0 Å². The van der Waals surface area contributed by atoms with E-state index in [9.17, 15) is 4.79 Å². The highest BCUT2D eigenvalue weighted by molar-refractivity contribution is 5.79. The summed E-state index contributed by atoms with van der Waals surface area (Å²) in [6.07, 6.45) is 3.59. The number of carbonyl (C=O) groups excluding carboxylic acids is 1. The van der Waals surface area contributed by atoms with Crippen molar-refractivity contribution in [1.29, 1.82) is 0 Å². The molecule has 1 aliphatic heterocycles. The van der Waals surface area contributed by atoms with Gasteiger partial charge in [-0.1, -0.05) is 0 Å². The summed E-state index contributed by atoms with van der Waals surface area (Å²) in [5.41, 5.74) is 5.27. The number of nitrogens with two attached hydrogens (primary N) is 1. The minimum Gasteiger partial charge on any atom is -0.367 e. The molecule has 1 saturated heterocycles. The Bertz CT molecular complexity index is 461. The lowest BCUT2D eigenvalue weighted by Crippen LogP contribution is -2.48. The van der Waals surface area contributed by atoms with Gasteiger partial charge in [-0.3, -0.25) is 4.79 Å². The third kappa shape index (κ3) is 2.28. The highest BCUT2D eigenvalue weighted by Crippen LogP contribution is 2.38. The number of anilines is 1. The van der Waals surface area contributed by atoms with E-state index in [1.165, 1.54) is 12.8 Å². The average molecular weight is 248 g/mol. The standard InChI is InChI=1S/C12H16N4O2/c13-11(17)9-7-16(5-6-18-9)10-3-4-14-12(15-10)8-1-2-8/h3-4,8-9H,1-2,5-7H2,(H2,13,17). The van der Waals surface area contributed by atoms with Gasteiger partial charge >= 0.3 is 0 Å². The monoisotopic (exact) mass is 248 g/mol. The zero-order chi connectivity index (χ0) is 12.5. The molecule has 3 rings (SSSR count). The Hall–Kier alpha value is -1.69. The van der Waals surface area contributed by atoms with Crippen LogP contribution in [-0.2, 0) is 9.53 Å². The van der Waals surface area contributed by atoms with E-state index in [2.05, 4.69) is 9.97 Å². The molecule has 1 aliphatic carbocycles. The molecule has 2 N–H and O–H groups in total. The predicted molar refractivity (Wildman–Crippen MR) is 65.2 cm³/mol. The summed E-state index contributed by atoms with van der Waals surface area (Å²) >= 11 is 0. The molecule has 1 saturated carbocycles. The van der Waals surface area contributed by atoms with Gasteiger partial charge in [-0.15, -0.1) is 0 Å². The lowest BCUT2D eigenvalue weighted by Gasteiger charge is -2.32. The van der Waals surface area contributed by atoms with E-state index in [1.54, 1.807) is 6.20 Å². The van der Waals surface area contributed by atoms with Crippen molar-refractivity contribution in [2.75, 3.05) is 24.6 Å². The lowest BCUT2D eigenvalue weighted by molar-refractivity contribution is -0.130. The summed E-state index contributed by atoms with van der Waals surface area (Å²) in [5, 5.41) is 0. The third-order valence-corrected chi connectivity index (χ3v) is 3.31. The topological polar surface area (TPSA) is 81.3 Å². The first-order valence-electron chi connectivity index (χ1n) is 6.23. The van der Waals surface area contributed by atoms with Crippen LogP contribution in [0, 0.1) is 0 Å². The Morgan fingerprint density at radius 2 is 2.33 bits per heavy atom. The number of hydrogen-bond acceptors (Lipinski definition) is 5. The molecule has 2 heterocycles. The van der Waals surface area contributed by atoms with Crippen molar-refractivity contribution in [3.63, 3.8) is 0 Å². The number of nitrogens with zero attached hydrogens (tertiary/aromatic N) is 3. The van der Waals surface area contributed by atoms with Crippen LogP contribution in [0.3, 0.4) is 0 Å². The highest BCUT2D eigenvalue weighted by Gasteiger charge is 2.29. The maximum Gasteiger partial charge on any atom is 0.248 e. The Kier molecular flexibility index (Phi) is 2.87. The van der Waals surface area contributed by atoms with Gasteiger partial charge in [-0.2, -0.15) is 0 Å². The number of amides is 1. The molecule has 1 unspecified atom stereocenters. The molecular formula is C12H16N4O2. The fourth-order valence-electron chi connectivity index (χ4n) is 2.11. The lowest BCUT2D eigenvalue weighted by atomic mass is 10.2. The van der Waals surface area contributed by atoms with Crippen LogP contribution < -0.4 is 10.6 Å². The molecule has 2 aliphatic rings. The number of rotatable bonds is 3. The smallest absolute Gasteiger partial charge is 0.248 e. The quantitative estimate of drug-likeness (QED) is 0.817. The molecule has 0 bridgehead atoms. The van der Waals surface area contributed by atoms with E-state index in [-0.39, 0.29) is 0 Å². The summed E-state index contributed by atoms with van der Waals surface area (Å²) in [5.74, 6) is 1.88. The highest BCUT2D eigenvalue weighted by atomic mass is 16.5. The zero-order valence-electron chi connectivity index (χ0n) is 10.1. The maximum absolute atomic E-state index is 11.2. The molecule has 6 heteroatoms. The van der Waals surface area contributed by atoms with Crippen LogP contribution in [0.5, 0.6) is 0 Å². The molecular weight excluding hydrogens is 232 g/mol. The van der Waals surface area contributed by atoms with Crippen LogP contribution in [-0.4, -0.2) is 41.7 Å². The summed E-state index contributed by atoms with van der Waals surface area (Å²) in [7, 11) is 0. The van der Waals surface area contributed by atoms with Crippen molar-refractivity contribution in [2.45, 2.75) is 24.9 Å². The van der Waals surface area contributed by atoms with Crippen LogP contribution in [0.1, 0.15) is 24.6 Å².